The van der Waals surface area contributed by atoms with Crippen molar-refractivity contribution in [2.75, 3.05) is 13.7 Å². The number of ether oxygens (including phenoxy) is 1. The van der Waals surface area contributed by atoms with Crippen LogP contribution in [0.15, 0.2) is 71.4 Å². The highest BCUT2D eigenvalue weighted by molar-refractivity contribution is 6.19. The largest absolute Gasteiger partial charge is 0.494 e. The van der Waals surface area contributed by atoms with Crippen molar-refractivity contribution in [2.24, 2.45) is 0 Å². The summed E-state index contributed by atoms with van der Waals surface area (Å²) in [6, 6.07) is 15.9. The number of amides is 2. The van der Waals surface area contributed by atoms with E-state index in [0.29, 0.717) is 28.8 Å². The minimum Gasteiger partial charge on any atom is -0.494 e. The van der Waals surface area contributed by atoms with Crippen LogP contribution in [0.5, 0.6) is 5.75 Å². The number of hydrogen-bond donors (Lipinski definition) is 0. The summed E-state index contributed by atoms with van der Waals surface area (Å²) in [5, 5.41) is 14.4. The van der Waals surface area contributed by atoms with E-state index in [1.165, 1.54) is 19.2 Å². The van der Waals surface area contributed by atoms with Crippen molar-refractivity contribution in [1.82, 2.24) is 14.7 Å². The molecule has 1 aromatic heterocycles. The number of para-hydroxylation sites is 1. The molecule has 8 heteroatoms. The lowest BCUT2D eigenvalue weighted by atomic mass is 9.93. The molecule has 2 aromatic carbocycles. The smallest absolute Gasteiger partial charge is 0.271 e. The lowest BCUT2D eigenvalue weighted by Crippen LogP contribution is -2.43. The average molecular weight is 499 g/mol. The molecule has 7 nitrogen and oxygen atoms in total. The maximum Gasteiger partial charge on any atom is 0.271 e. The highest BCUT2D eigenvalue weighted by atomic mass is 19.1. The molecule has 0 unspecified atom stereocenters. The van der Waals surface area contributed by atoms with Crippen LogP contribution < -0.4 is 4.74 Å². The number of nitriles is 1. The number of unbranched alkanes of at least 4 members (excludes halogenated alkanes) is 2. The number of rotatable bonds is 8. The molecule has 0 spiro atoms. The summed E-state index contributed by atoms with van der Waals surface area (Å²) in [6.45, 7) is 3.86. The molecule has 1 aliphatic rings. The summed E-state index contributed by atoms with van der Waals surface area (Å²) in [7, 11) is 1.39. The Morgan fingerprint density at radius 3 is 2.51 bits per heavy atom. The van der Waals surface area contributed by atoms with Crippen molar-refractivity contribution in [2.45, 2.75) is 33.1 Å². The maximum absolute atomic E-state index is 14.6. The molecule has 0 N–H and O–H groups in total. The highest BCUT2D eigenvalue weighted by Gasteiger charge is 2.35. The van der Waals surface area contributed by atoms with Gasteiger partial charge in [-0.3, -0.25) is 14.5 Å². The molecular formula is C29H27FN4O3. The van der Waals surface area contributed by atoms with E-state index >= 15 is 0 Å². The van der Waals surface area contributed by atoms with E-state index in [4.69, 9.17) is 4.74 Å². The standard InChI is InChI=1S/C29H27FN4O3/c1-4-5-9-14-33-28(35)23(19(2)24(17-31)29(33)36)15-21-18-34(22-10-7-6-8-11-22)32-27(21)20-12-13-26(37-3)25(30)16-20/h6-8,10-13,15-16,18H,4-5,9,14H2,1-3H3/b23-15+. The summed E-state index contributed by atoms with van der Waals surface area (Å²) in [6.07, 6.45) is 5.81. The number of benzene rings is 2. The zero-order valence-corrected chi connectivity index (χ0v) is 21.0. The van der Waals surface area contributed by atoms with Crippen LogP contribution in [0, 0.1) is 17.1 Å². The molecule has 188 valence electrons. The monoisotopic (exact) mass is 498 g/mol. The normalized spacial score (nSPS) is 14.9. The number of carbonyl (C=O) groups excluding carboxylic acids is 2. The number of carbonyl (C=O) groups is 2. The first-order valence-electron chi connectivity index (χ1n) is 12.1. The molecule has 2 amide bonds. The van der Waals surface area contributed by atoms with Gasteiger partial charge in [-0.25, -0.2) is 9.07 Å². The van der Waals surface area contributed by atoms with Crippen LogP contribution in [-0.4, -0.2) is 40.1 Å². The van der Waals surface area contributed by atoms with E-state index in [2.05, 4.69) is 5.10 Å². The van der Waals surface area contributed by atoms with Gasteiger partial charge in [0, 0.05) is 29.4 Å². The number of aromatic nitrogens is 2. The van der Waals surface area contributed by atoms with Gasteiger partial charge in [0.1, 0.15) is 17.3 Å². The molecule has 4 rings (SSSR count). The topological polar surface area (TPSA) is 88.2 Å². The number of methoxy groups -OCH3 is 1. The fraction of sp³-hybridized carbons (Fsp3) is 0.241. The first-order valence-corrected chi connectivity index (χ1v) is 12.1. The van der Waals surface area contributed by atoms with Gasteiger partial charge < -0.3 is 4.74 Å². The van der Waals surface area contributed by atoms with Crippen molar-refractivity contribution in [3.8, 4) is 28.8 Å². The number of imide groups is 1. The summed E-state index contributed by atoms with van der Waals surface area (Å²) in [5.74, 6) is -1.47. The van der Waals surface area contributed by atoms with Crippen LogP contribution in [0.1, 0.15) is 38.7 Å². The third-order valence-corrected chi connectivity index (χ3v) is 6.30. The highest BCUT2D eigenvalue weighted by Crippen LogP contribution is 2.32. The zero-order valence-electron chi connectivity index (χ0n) is 21.0. The van der Waals surface area contributed by atoms with E-state index in [9.17, 15) is 19.2 Å². The summed E-state index contributed by atoms with van der Waals surface area (Å²) in [5.41, 5.74) is 2.72. The molecule has 0 atom stereocenters. The number of halogens is 1. The Labute approximate surface area is 215 Å². The van der Waals surface area contributed by atoms with E-state index in [1.807, 2.05) is 43.3 Å². The van der Waals surface area contributed by atoms with Crippen LogP contribution in [0.4, 0.5) is 4.39 Å². The molecule has 37 heavy (non-hydrogen) atoms. The first kappa shape index (κ1) is 25.6. The van der Waals surface area contributed by atoms with Crippen molar-refractivity contribution < 1.29 is 18.7 Å². The second-order valence-electron chi connectivity index (χ2n) is 8.70. The first-order chi connectivity index (χ1) is 17.9. The molecule has 0 saturated heterocycles. The van der Waals surface area contributed by atoms with Crippen LogP contribution in [0.3, 0.4) is 0 Å². The Bertz CT molecular complexity index is 1450. The van der Waals surface area contributed by atoms with Gasteiger partial charge in [0.25, 0.3) is 11.8 Å². The molecule has 0 radical (unpaired) electrons. The molecule has 0 fully saturated rings. The number of nitrogens with zero attached hydrogens (tertiary/aromatic N) is 4. The van der Waals surface area contributed by atoms with Gasteiger partial charge in [0.05, 0.1) is 12.8 Å². The summed E-state index contributed by atoms with van der Waals surface area (Å²) >= 11 is 0. The average Bonchev–Trinajstić information content (AvgIpc) is 3.33. The Balaban J connectivity index is 1.88. The Hall–Kier alpha value is -4.51. The van der Waals surface area contributed by atoms with Gasteiger partial charge in [-0.2, -0.15) is 10.4 Å². The lowest BCUT2D eigenvalue weighted by Gasteiger charge is -2.27. The van der Waals surface area contributed by atoms with Crippen molar-refractivity contribution >= 4 is 17.9 Å². The molecule has 1 aliphatic heterocycles. The summed E-state index contributed by atoms with van der Waals surface area (Å²) < 4.78 is 21.3. The van der Waals surface area contributed by atoms with Crippen molar-refractivity contribution in [3.63, 3.8) is 0 Å². The Kier molecular flexibility index (Phi) is 7.63. The molecule has 0 saturated carbocycles. The van der Waals surface area contributed by atoms with Gasteiger partial charge in [-0.15, -0.1) is 0 Å². The van der Waals surface area contributed by atoms with E-state index in [-0.39, 0.29) is 23.4 Å². The second-order valence-corrected chi connectivity index (χ2v) is 8.70. The van der Waals surface area contributed by atoms with Gasteiger partial charge in [-0.05, 0) is 55.3 Å². The molecule has 3 aromatic rings. The van der Waals surface area contributed by atoms with Crippen LogP contribution in [0.2, 0.25) is 0 Å². The van der Waals surface area contributed by atoms with Crippen LogP contribution >= 0.6 is 0 Å². The Morgan fingerprint density at radius 2 is 1.86 bits per heavy atom. The van der Waals surface area contributed by atoms with Gasteiger partial charge in [0.2, 0.25) is 0 Å². The number of hydrogen-bond acceptors (Lipinski definition) is 5. The fourth-order valence-corrected chi connectivity index (χ4v) is 4.25. The van der Waals surface area contributed by atoms with Crippen LogP contribution in [0.25, 0.3) is 23.0 Å². The maximum atomic E-state index is 14.6. The SMILES string of the molecule is CCCCCN1C(=O)C(C#N)=C(C)/C(=C\c2cn(-c3ccccc3)nc2-c2ccc(OC)c(F)c2)C1=O. The fourth-order valence-electron chi connectivity index (χ4n) is 4.25. The molecular weight excluding hydrogens is 471 g/mol. The molecule has 2 heterocycles. The quantitative estimate of drug-likeness (QED) is 0.233. The van der Waals surface area contributed by atoms with E-state index < -0.39 is 17.6 Å². The molecule has 0 aliphatic carbocycles. The van der Waals surface area contributed by atoms with Crippen molar-refractivity contribution in [3.05, 3.63) is 82.8 Å². The van der Waals surface area contributed by atoms with Gasteiger partial charge >= 0.3 is 0 Å². The minimum atomic E-state index is -0.573. The minimum absolute atomic E-state index is 0.0603. The van der Waals surface area contributed by atoms with Gasteiger partial charge in [0.15, 0.2) is 11.6 Å². The van der Waals surface area contributed by atoms with Crippen molar-refractivity contribution in [1.29, 1.82) is 5.26 Å². The van der Waals surface area contributed by atoms with E-state index in [1.54, 1.807) is 29.9 Å². The Morgan fingerprint density at radius 1 is 1.11 bits per heavy atom. The second kappa shape index (κ2) is 11.0. The third-order valence-electron chi connectivity index (χ3n) is 6.30. The predicted octanol–water partition coefficient (Wildman–Crippen LogP) is 5.47. The van der Waals surface area contributed by atoms with Crippen LogP contribution in [-0.2, 0) is 9.59 Å². The lowest BCUT2D eigenvalue weighted by molar-refractivity contribution is -0.140. The van der Waals surface area contributed by atoms with Gasteiger partial charge in [-0.1, -0.05) is 38.0 Å². The third kappa shape index (κ3) is 5.07. The summed E-state index contributed by atoms with van der Waals surface area (Å²) in [4.78, 5) is 27.5. The zero-order chi connectivity index (χ0) is 26.5. The molecule has 0 bridgehead atoms. The van der Waals surface area contributed by atoms with E-state index in [0.717, 1.165) is 23.4 Å². The predicted molar refractivity (Wildman–Crippen MR) is 138 cm³/mol.